The van der Waals surface area contributed by atoms with Crippen molar-refractivity contribution in [3.63, 3.8) is 0 Å². The number of allylic oxidation sites excluding steroid dienone is 1. The van der Waals surface area contributed by atoms with E-state index in [1.165, 1.54) is 14.2 Å². The number of likely N-dealkylation sites (tertiary alicyclic amines) is 1. The number of methoxy groups -OCH3 is 2. The number of aliphatic hydroxyl groups excluding tert-OH is 1. The monoisotopic (exact) mass is 359 g/mol. The Morgan fingerprint density at radius 3 is 2.77 bits per heavy atom. The summed E-state index contributed by atoms with van der Waals surface area (Å²) in [5.74, 6) is 0.916. The molecule has 0 saturated carbocycles. The van der Waals surface area contributed by atoms with Gasteiger partial charge < -0.3 is 24.6 Å². The minimum absolute atomic E-state index is 0.0346. The number of aromatic hydroxyl groups is 1. The quantitative estimate of drug-likeness (QED) is 0.852. The Kier molecular flexibility index (Phi) is 4.00. The van der Waals surface area contributed by atoms with Gasteiger partial charge in [-0.15, -0.1) is 0 Å². The predicted octanol–water partition coefficient (Wildman–Crippen LogP) is 1.51. The number of piperidine rings is 1. The van der Waals surface area contributed by atoms with E-state index in [1.807, 2.05) is 6.08 Å². The smallest absolute Gasteiger partial charge is 0.197 e. The van der Waals surface area contributed by atoms with Gasteiger partial charge in [-0.3, -0.25) is 4.79 Å². The van der Waals surface area contributed by atoms with E-state index < -0.39 is 5.41 Å². The molecule has 3 aliphatic rings. The second-order valence-corrected chi connectivity index (χ2v) is 7.62. The molecule has 4 rings (SSSR count). The molecule has 2 N–H and O–H groups in total. The summed E-state index contributed by atoms with van der Waals surface area (Å²) in [5, 5.41) is 20.9. The number of carbonyl (C=O) groups is 1. The standard InChI is InChI=1S/C20H25NO5/c1-21-5-4-20-9-15(23)16(25-2)8-13(20)14(21)7-12-11(10-22)6-17(26-3)19(24)18(12)20/h6,8,13-14,22,24H,4-5,7,9-10H2,1-3H3/t13?,14-,20+/m0/s1. The van der Waals surface area contributed by atoms with Gasteiger partial charge in [-0.1, -0.05) is 0 Å². The zero-order valence-corrected chi connectivity index (χ0v) is 15.4. The summed E-state index contributed by atoms with van der Waals surface area (Å²) in [4.78, 5) is 15.0. The highest BCUT2D eigenvalue weighted by molar-refractivity contribution is 5.96. The van der Waals surface area contributed by atoms with E-state index in [4.69, 9.17) is 9.47 Å². The lowest BCUT2D eigenvalue weighted by Gasteiger charge is -2.56. The van der Waals surface area contributed by atoms with E-state index >= 15 is 0 Å². The van der Waals surface area contributed by atoms with Crippen LogP contribution < -0.4 is 4.74 Å². The first kappa shape index (κ1) is 17.4. The molecule has 26 heavy (non-hydrogen) atoms. The number of phenols is 1. The third kappa shape index (κ3) is 2.15. The number of likely N-dealkylation sites (N-methyl/N-ethyl adjacent to an activating group) is 1. The molecule has 1 aliphatic heterocycles. The van der Waals surface area contributed by atoms with Gasteiger partial charge in [-0.05, 0) is 49.7 Å². The summed E-state index contributed by atoms with van der Waals surface area (Å²) in [6, 6.07) is 1.91. The summed E-state index contributed by atoms with van der Waals surface area (Å²) in [5.41, 5.74) is 2.03. The van der Waals surface area contributed by atoms with Crippen molar-refractivity contribution in [2.75, 3.05) is 27.8 Å². The lowest BCUT2D eigenvalue weighted by atomic mass is 9.53. The van der Waals surface area contributed by atoms with Gasteiger partial charge in [0.25, 0.3) is 0 Å². The molecule has 2 bridgehead atoms. The number of carbonyl (C=O) groups excluding carboxylic acids is 1. The maximum Gasteiger partial charge on any atom is 0.197 e. The van der Waals surface area contributed by atoms with Crippen molar-refractivity contribution in [3.05, 3.63) is 34.6 Å². The lowest BCUT2D eigenvalue weighted by Crippen LogP contribution is -2.60. The molecule has 6 nitrogen and oxygen atoms in total. The summed E-state index contributed by atoms with van der Waals surface area (Å²) >= 11 is 0. The molecule has 0 radical (unpaired) electrons. The zero-order chi connectivity index (χ0) is 18.6. The zero-order valence-electron chi connectivity index (χ0n) is 15.4. The van der Waals surface area contributed by atoms with Crippen molar-refractivity contribution in [2.24, 2.45) is 5.92 Å². The Balaban J connectivity index is 2.02. The van der Waals surface area contributed by atoms with Crippen LogP contribution >= 0.6 is 0 Å². The fraction of sp³-hybridized carbons (Fsp3) is 0.550. The Morgan fingerprint density at radius 2 is 2.12 bits per heavy atom. The number of ketones is 1. The summed E-state index contributed by atoms with van der Waals surface area (Å²) in [7, 11) is 5.13. The van der Waals surface area contributed by atoms with Crippen LogP contribution in [0.15, 0.2) is 17.9 Å². The third-order valence-corrected chi connectivity index (χ3v) is 6.60. The lowest BCUT2D eigenvalue weighted by molar-refractivity contribution is -0.122. The van der Waals surface area contributed by atoms with Crippen LogP contribution in [0.5, 0.6) is 11.5 Å². The van der Waals surface area contributed by atoms with Gasteiger partial charge in [0.05, 0.1) is 20.8 Å². The number of aliphatic hydroxyl groups is 1. The van der Waals surface area contributed by atoms with Gasteiger partial charge in [0.1, 0.15) is 0 Å². The first-order valence-electron chi connectivity index (χ1n) is 8.99. The minimum atomic E-state index is -0.480. The average Bonchev–Trinajstić information content (AvgIpc) is 2.64. The van der Waals surface area contributed by atoms with E-state index in [9.17, 15) is 15.0 Å². The van der Waals surface area contributed by atoms with Crippen LogP contribution in [0, 0.1) is 5.92 Å². The normalized spacial score (nSPS) is 30.3. The number of hydrogen-bond acceptors (Lipinski definition) is 6. The molecule has 140 valence electrons. The Bertz CT molecular complexity index is 802. The van der Waals surface area contributed by atoms with Gasteiger partial charge in [0.15, 0.2) is 23.0 Å². The molecule has 0 spiro atoms. The van der Waals surface area contributed by atoms with Gasteiger partial charge in [-0.25, -0.2) is 0 Å². The number of rotatable bonds is 3. The van der Waals surface area contributed by atoms with Crippen LogP contribution in [0.4, 0.5) is 0 Å². The van der Waals surface area contributed by atoms with Crippen molar-refractivity contribution >= 4 is 5.78 Å². The van der Waals surface area contributed by atoms with Gasteiger partial charge in [0, 0.05) is 29.4 Å². The number of fused-ring (bicyclic) bond motifs is 1. The third-order valence-electron chi connectivity index (χ3n) is 6.60. The number of benzene rings is 1. The number of ether oxygens (including phenoxy) is 2. The van der Waals surface area contributed by atoms with E-state index in [2.05, 4.69) is 11.9 Å². The highest BCUT2D eigenvalue weighted by atomic mass is 16.5. The first-order chi connectivity index (χ1) is 12.5. The maximum absolute atomic E-state index is 12.7. The van der Waals surface area contributed by atoms with E-state index in [0.29, 0.717) is 24.4 Å². The van der Waals surface area contributed by atoms with Crippen molar-refractivity contribution in [1.82, 2.24) is 4.90 Å². The second-order valence-electron chi connectivity index (χ2n) is 7.62. The van der Waals surface area contributed by atoms with E-state index in [1.54, 1.807) is 6.07 Å². The highest BCUT2D eigenvalue weighted by Gasteiger charge is 2.57. The number of hydrogen-bond donors (Lipinski definition) is 2. The van der Waals surface area contributed by atoms with Crippen LogP contribution in [-0.4, -0.2) is 54.8 Å². The molecule has 1 saturated heterocycles. The fourth-order valence-electron chi connectivity index (χ4n) is 5.32. The molecule has 0 aromatic heterocycles. The molecule has 1 aromatic rings. The molecule has 1 heterocycles. The van der Waals surface area contributed by atoms with Crippen molar-refractivity contribution in [3.8, 4) is 11.5 Å². The van der Waals surface area contributed by atoms with Crippen molar-refractivity contribution in [2.45, 2.75) is 37.3 Å². The number of Topliss-reactive ketones (excluding diaryl/α,β-unsaturated/α-hetero) is 1. The predicted molar refractivity (Wildman–Crippen MR) is 95.2 cm³/mol. The molecule has 6 heteroatoms. The largest absolute Gasteiger partial charge is 0.504 e. The molecular weight excluding hydrogens is 334 g/mol. The SMILES string of the molecule is COC1=CC2[C@@H]3Cc4c(CO)cc(OC)c(O)c4[C@]2(CCN3C)CC1=O. The topological polar surface area (TPSA) is 79.2 Å². The molecule has 1 aromatic carbocycles. The fourth-order valence-corrected chi connectivity index (χ4v) is 5.32. The number of phenolic OH excluding ortho intramolecular Hbond substituents is 1. The molecular formula is C20H25NO5. The Morgan fingerprint density at radius 1 is 1.35 bits per heavy atom. The molecule has 0 amide bonds. The summed E-state index contributed by atoms with van der Waals surface area (Å²) in [6.45, 7) is 0.735. The Labute approximate surface area is 153 Å². The molecule has 1 unspecified atom stereocenters. The average molecular weight is 359 g/mol. The van der Waals surface area contributed by atoms with E-state index in [0.717, 1.165) is 29.7 Å². The summed E-state index contributed by atoms with van der Waals surface area (Å²) in [6.07, 6.45) is 3.74. The van der Waals surface area contributed by atoms with E-state index in [-0.39, 0.29) is 30.1 Å². The Hall–Kier alpha value is -2.05. The first-order valence-corrected chi connectivity index (χ1v) is 8.99. The minimum Gasteiger partial charge on any atom is -0.504 e. The van der Waals surface area contributed by atoms with Crippen LogP contribution in [0.1, 0.15) is 29.5 Å². The molecule has 2 aliphatic carbocycles. The summed E-state index contributed by atoms with van der Waals surface area (Å²) < 4.78 is 10.7. The van der Waals surface area contributed by atoms with Crippen molar-refractivity contribution in [1.29, 1.82) is 0 Å². The molecule has 3 atom stereocenters. The highest BCUT2D eigenvalue weighted by Crippen LogP contribution is 2.58. The molecule has 1 fully saturated rings. The van der Waals surface area contributed by atoms with Gasteiger partial charge in [0.2, 0.25) is 0 Å². The van der Waals surface area contributed by atoms with Crippen LogP contribution in [-0.2, 0) is 28.0 Å². The second kappa shape index (κ2) is 5.99. The van der Waals surface area contributed by atoms with Crippen LogP contribution in [0.25, 0.3) is 0 Å². The van der Waals surface area contributed by atoms with Crippen LogP contribution in [0.3, 0.4) is 0 Å². The van der Waals surface area contributed by atoms with Gasteiger partial charge in [-0.2, -0.15) is 0 Å². The maximum atomic E-state index is 12.7. The number of nitrogens with zero attached hydrogens (tertiary/aromatic N) is 1. The van der Waals surface area contributed by atoms with Crippen LogP contribution in [0.2, 0.25) is 0 Å². The van der Waals surface area contributed by atoms with Crippen molar-refractivity contribution < 1.29 is 24.5 Å². The van der Waals surface area contributed by atoms with Gasteiger partial charge >= 0.3 is 0 Å².